The molecule has 18 nitrogen and oxygen atoms in total. The molecular formula is C56H56F4N10O8. The van der Waals surface area contributed by atoms with Gasteiger partial charge in [0.2, 0.25) is 47.3 Å². The van der Waals surface area contributed by atoms with E-state index < -0.39 is 110 Å². The molecule has 2 aliphatic carbocycles. The lowest BCUT2D eigenvalue weighted by atomic mass is 10.0. The van der Waals surface area contributed by atoms with Crippen molar-refractivity contribution in [1.29, 1.82) is 0 Å². The predicted molar refractivity (Wildman–Crippen MR) is 273 cm³/mol. The Morgan fingerprint density at radius 2 is 0.962 bits per heavy atom. The summed E-state index contributed by atoms with van der Waals surface area (Å²) in [5, 5.41) is 5.72. The number of pyridine rings is 2. The van der Waals surface area contributed by atoms with Gasteiger partial charge >= 0.3 is 11.4 Å². The summed E-state index contributed by atoms with van der Waals surface area (Å²) in [5.41, 5.74) is 1.66. The van der Waals surface area contributed by atoms with Crippen LogP contribution < -0.4 is 31.5 Å². The number of benzene rings is 2. The van der Waals surface area contributed by atoms with E-state index in [9.17, 15) is 28.8 Å². The van der Waals surface area contributed by atoms with E-state index in [-0.39, 0.29) is 61.0 Å². The number of aryl methyl sites for hydroxylation is 2. The van der Waals surface area contributed by atoms with E-state index in [2.05, 4.69) is 30.6 Å². The molecule has 4 fully saturated rings. The molecule has 2 aliphatic heterocycles. The molecule has 10 rings (SSSR count). The van der Waals surface area contributed by atoms with Gasteiger partial charge in [-0.15, -0.1) is 0 Å². The zero-order valence-corrected chi connectivity index (χ0v) is 42.7. The SMILES string of the molecule is Cc1cn(CC(=O)N2C[C@H](F)C[C@H]2C(=O)N[C@@H](c2ccccc2)c2ccc(C3CC3)c(F)n2)c(=O)nc1OCCOc1nc(=O)n(CC(=O)N2C[C@H](F)C[C@H]2C(=O)N[C@@H](c2ccccc2)c2ccc(C3CC3)c(F)n2)cc1C. The summed E-state index contributed by atoms with van der Waals surface area (Å²) in [6.45, 7) is 0.889. The second-order valence-corrected chi connectivity index (χ2v) is 20.3. The molecule has 2 saturated carbocycles. The molecule has 78 heavy (non-hydrogen) atoms. The number of nitrogens with zero attached hydrogens (tertiary/aromatic N) is 8. The lowest BCUT2D eigenvalue weighted by Gasteiger charge is -2.27. The topological polar surface area (TPSA) is 213 Å². The monoisotopic (exact) mass is 1070 g/mol. The van der Waals surface area contributed by atoms with Crippen molar-refractivity contribution in [2.24, 2.45) is 0 Å². The Hall–Kier alpha value is -8.30. The Labute approximate surface area is 444 Å². The van der Waals surface area contributed by atoms with Crippen molar-refractivity contribution in [2.45, 2.75) is 114 Å². The number of hydrogen-bond donors (Lipinski definition) is 2. The average Bonchev–Trinajstić information content (AvgIpc) is 4.45. The van der Waals surface area contributed by atoms with Gasteiger partial charge in [-0.3, -0.25) is 28.3 Å². The first-order valence-electron chi connectivity index (χ1n) is 25.9. The Morgan fingerprint density at radius 1 is 0.577 bits per heavy atom. The summed E-state index contributed by atoms with van der Waals surface area (Å²) in [5.74, 6) is -3.95. The molecule has 4 aromatic heterocycles. The van der Waals surface area contributed by atoms with Crippen LogP contribution in [0.2, 0.25) is 0 Å². The molecule has 0 radical (unpaired) electrons. The minimum Gasteiger partial charge on any atom is -0.474 e. The van der Waals surface area contributed by atoms with Crippen molar-refractivity contribution in [2.75, 3.05) is 26.3 Å². The molecule has 406 valence electrons. The van der Waals surface area contributed by atoms with Gasteiger partial charge < -0.3 is 29.9 Å². The molecule has 0 bridgehead atoms. The summed E-state index contributed by atoms with van der Waals surface area (Å²) < 4.78 is 73.8. The summed E-state index contributed by atoms with van der Waals surface area (Å²) in [4.78, 5) is 100. The first kappa shape index (κ1) is 53.1. The maximum atomic E-state index is 15.1. The highest BCUT2D eigenvalue weighted by molar-refractivity contribution is 5.89. The van der Waals surface area contributed by atoms with Crippen LogP contribution in [0.3, 0.4) is 0 Å². The number of hydrogen-bond acceptors (Lipinski definition) is 12. The third-order valence-electron chi connectivity index (χ3n) is 14.4. The number of likely N-dealkylation sites (tertiary alicyclic amines) is 2. The van der Waals surface area contributed by atoms with Crippen LogP contribution in [0, 0.1) is 25.7 Å². The van der Waals surface area contributed by atoms with E-state index in [0.717, 1.165) is 44.6 Å². The molecule has 2 N–H and O–H groups in total. The van der Waals surface area contributed by atoms with Crippen molar-refractivity contribution in [3.8, 4) is 11.8 Å². The van der Waals surface area contributed by atoms with E-state index in [1.54, 1.807) is 98.8 Å². The number of halogens is 4. The Kier molecular flexibility index (Phi) is 15.5. The standard InChI is InChI=1S/C56H56F4N10O8/c1-31-25-67(29-45(71)69-27-37(57)23-43(69)51(73)63-47(35-9-5-3-6-10-35)41-19-17-39(33-13-14-33)49(59)61-41)55(75)65-53(31)77-21-22-78-54-32(2)26-68(56(76)66-54)30-46(72)70-28-38(58)24-44(70)52(74)64-48(36-11-7-4-8-12-36)42-20-18-40(34-15-16-34)50(60)62-42/h3-12,17-20,25-26,33-34,37-38,43-44,47-48H,13-16,21-24,27-30H2,1-2H3,(H,63,73)(H,64,74)/t37-,38-,43+,44+,47+,48+/m1/s1. The molecule has 0 unspecified atom stereocenters. The number of aromatic nitrogens is 6. The second-order valence-electron chi connectivity index (χ2n) is 20.3. The number of carbonyl (C=O) groups excluding carboxylic acids is 4. The maximum absolute atomic E-state index is 15.1. The smallest absolute Gasteiger partial charge is 0.351 e. The fourth-order valence-corrected chi connectivity index (χ4v) is 10.1. The first-order valence-corrected chi connectivity index (χ1v) is 25.9. The molecule has 6 atom stereocenters. The normalized spacial score (nSPS) is 19.8. The average molecular weight is 1070 g/mol. The number of rotatable bonds is 19. The van der Waals surface area contributed by atoms with Gasteiger partial charge in [0, 0.05) is 47.5 Å². The first-order chi connectivity index (χ1) is 37.6. The number of alkyl halides is 2. The fraction of sp³-hybridized carbons (Fsp3) is 0.393. The van der Waals surface area contributed by atoms with Gasteiger partial charge in [0.05, 0.1) is 36.6 Å². The van der Waals surface area contributed by atoms with Gasteiger partial charge in [0.1, 0.15) is 50.7 Å². The summed E-state index contributed by atoms with van der Waals surface area (Å²) in [6, 6.07) is 19.9. The van der Waals surface area contributed by atoms with Crippen molar-refractivity contribution in [3.05, 3.63) is 175 Å². The van der Waals surface area contributed by atoms with E-state index >= 15 is 17.6 Å². The van der Waals surface area contributed by atoms with Crippen LogP contribution in [0.5, 0.6) is 11.8 Å². The summed E-state index contributed by atoms with van der Waals surface area (Å²) >= 11 is 0. The number of carbonyl (C=O) groups is 4. The highest BCUT2D eigenvalue weighted by Gasteiger charge is 2.43. The molecule has 4 amide bonds. The van der Waals surface area contributed by atoms with Crippen LogP contribution in [-0.4, -0.2) is 113 Å². The highest BCUT2D eigenvalue weighted by atomic mass is 19.1. The van der Waals surface area contributed by atoms with Crippen LogP contribution in [0.1, 0.15) is 107 Å². The lowest BCUT2D eigenvalue weighted by molar-refractivity contribution is -0.139. The predicted octanol–water partition coefficient (Wildman–Crippen LogP) is 5.39. The van der Waals surface area contributed by atoms with Crippen molar-refractivity contribution >= 4 is 23.6 Å². The van der Waals surface area contributed by atoms with E-state index in [1.165, 1.54) is 12.4 Å². The minimum atomic E-state index is -1.53. The van der Waals surface area contributed by atoms with Gasteiger partial charge in [-0.25, -0.2) is 28.3 Å². The Bertz CT molecular complexity index is 3140. The minimum absolute atomic E-state index is 0.0802. The van der Waals surface area contributed by atoms with Crippen molar-refractivity contribution in [3.63, 3.8) is 0 Å². The molecule has 2 saturated heterocycles. The van der Waals surface area contributed by atoms with Gasteiger partial charge in [0.25, 0.3) is 0 Å². The van der Waals surface area contributed by atoms with Gasteiger partial charge in [0.15, 0.2) is 0 Å². The van der Waals surface area contributed by atoms with Crippen LogP contribution in [0.4, 0.5) is 17.6 Å². The molecule has 6 heterocycles. The van der Waals surface area contributed by atoms with Crippen LogP contribution in [0.15, 0.2) is 107 Å². The van der Waals surface area contributed by atoms with Crippen LogP contribution in [0.25, 0.3) is 0 Å². The largest absolute Gasteiger partial charge is 0.474 e. The second kappa shape index (κ2) is 22.7. The van der Waals surface area contributed by atoms with Gasteiger partial charge in [-0.1, -0.05) is 72.8 Å². The van der Waals surface area contributed by atoms with Crippen molar-refractivity contribution < 1.29 is 46.2 Å². The van der Waals surface area contributed by atoms with Crippen LogP contribution in [-0.2, 0) is 32.3 Å². The summed E-state index contributed by atoms with van der Waals surface area (Å²) in [6.07, 6.45) is 2.52. The zero-order valence-electron chi connectivity index (χ0n) is 42.7. The Morgan fingerprint density at radius 3 is 1.32 bits per heavy atom. The van der Waals surface area contributed by atoms with Gasteiger partial charge in [-0.2, -0.15) is 18.7 Å². The molecule has 2 aromatic carbocycles. The molecule has 0 spiro atoms. The lowest BCUT2D eigenvalue weighted by Crippen LogP contribution is -2.48. The maximum Gasteiger partial charge on any atom is 0.351 e. The summed E-state index contributed by atoms with van der Waals surface area (Å²) in [7, 11) is 0. The van der Waals surface area contributed by atoms with Crippen LogP contribution >= 0.6 is 0 Å². The number of ether oxygens (including phenoxy) is 2. The van der Waals surface area contributed by atoms with Crippen molar-refractivity contribution in [1.82, 2.24) is 49.5 Å². The van der Waals surface area contributed by atoms with Gasteiger partial charge in [-0.05, 0) is 74.6 Å². The van der Waals surface area contributed by atoms with E-state index in [0.29, 0.717) is 33.4 Å². The fourth-order valence-electron chi connectivity index (χ4n) is 10.1. The third-order valence-corrected chi connectivity index (χ3v) is 14.4. The quantitative estimate of drug-likeness (QED) is 0.0594. The molecular weight excluding hydrogens is 1020 g/mol. The van der Waals surface area contributed by atoms with E-state index in [4.69, 9.17) is 9.47 Å². The zero-order chi connectivity index (χ0) is 54.8. The third kappa shape index (κ3) is 12.0. The highest BCUT2D eigenvalue weighted by Crippen LogP contribution is 2.42. The molecule has 22 heteroatoms. The number of nitrogens with one attached hydrogen (secondary N) is 2. The molecule has 4 aliphatic rings. The number of amides is 4. The molecule has 6 aromatic rings. The van der Waals surface area contributed by atoms with E-state index in [1.807, 2.05) is 0 Å². The Balaban J connectivity index is 0.729.